The average Bonchev–Trinajstić information content (AvgIpc) is 3.33. The van der Waals surface area contributed by atoms with Gasteiger partial charge >= 0.3 is 5.97 Å². The number of carbonyl (C=O) groups excluding carboxylic acids is 2. The van der Waals surface area contributed by atoms with Gasteiger partial charge in [0.2, 0.25) is 5.60 Å². The van der Waals surface area contributed by atoms with Crippen molar-refractivity contribution >= 4 is 28.2 Å². The molecule has 1 spiro atoms. The summed E-state index contributed by atoms with van der Waals surface area (Å²) in [6, 6.07) is 14.3. The topological polar surface area (TPSA) is 65.0 Å². The molecule has 5 heteroatoms. The minimum Gasteiger partial charge on any atom is -0.454 e. The standard InChI is InChI=1S/C26H23NO4/c1-15-21(28)10-12-25(2)11-9-19-23(22(15)25)30-24(29)26(19)14-20(27-31-26)18-8-7-16-5-3-4-6-17(16)13-18/h3-8,10,12-13,19,23H,9,11,14H2,1-2H3/t19-,23+,25+,26+/m1/s1. The predicted molar refractivity (Wildman–Crippen MR) is 116 cm³/mol. The largest absolute Gasteiger partial charge is 0.454 e. The van der Waals surface area contributed by atoms with Crippen molar-refractivity contribution in [3.63, 3.8) is 0 Å². The third-order valence-corrected chi connectivity index (χ3v) is 7.63. The van der Waals surface area contributed by atoms with Crippen LogP contribution in [-0.2, 0) is 19.2 Å². The Morgan fingerprint density at radius 3 is 2.74 bits per heavy atom. The summed E-state index contributed by atoms with van der Waals surface area (Å²) in [5.74, 6) is -0.529. The fraction of sp³-hybridized carbons (Fsp3) is 0.346. The summed E-state index contributed by atoms with van der Waals surface area (Å²) in [5.41, 5.74) is 1.99. The molecule has 0 amide bonds. The summed E-state index contributed by atoms with van der Waals surface area (Å²) in [7, 11) is 0. The van der Waals surface area contributed by atoms with E-state index in [1.54, 1.807) is 6.08 Å². The molecular weight excluding hydrogens is 390 g/mol. The zero-order valence-corrected chi connectivity index (χ0v) is 17.6. The third-order valence-electron chi connectivity index (χ3n) is 7.63. The van der Waals surface area contributed by atoms with Gasteiger partial charge in [0.05, 0.1) is 11.6 Å². The molecule has 2 aromatic carbocycles. The lowest BCUT2D eigenvalue weighted by atomic mass is 9.60. The molecule has 5 nitrogen and oxygen atoms in total. The van der Waals surface area contributed by atoms with E-state index in [9.17, 15) is 9.59 Å². The van der Waals surface area contributed by atoms with Crippen LogP contribution < -0.4 is 0 Å². The maximum absolute atomic E-state index is 13.2. The third kappa shape index (κ3) is 2.46. The Bertz CT molecular complexity index is 1260. The van der Waals surface area contributed by atoms with Gasteiger partial charge in [-0.2, -0.15) is 0 Å². The Morgan fingerprint density at radius 1 is 1.10 bits per heavy atom. The van der Waals surface area contributed by atoms with Crippen LogP contribution in [-0.4, -0.2) is 29.2 Å². The number of esters is 1. The molecule has 2 aliphatic carbocycles. The van der Waals surface area contributed by atoms with Gasteiger partial charge in [-0.25, -0.2) is 4.79 Å². The molecule has 2 fully saturated rings. The Labute approximate surface area is 180 Å². The van der Waals surface area contributed by atoms with Crippen LogP contribution in [0, 0.1) is 11.3 Å². The molecule has 0 aromatic heterocycles. The van der Waals surface area contributed by atoms with Crippen LogP contribution >= 0.6 is 0 Å². The van der Waals surface area contributed by atoms with Gasteiger partial charge in [-0.3, -0.25) is 4.79 Å². The maximum atomic E-state index is 13.2. The Hall–Kier alpha value is -3.21. The first kappa shape index (κ1) is 18.6. The number of carbonyl (C=O) groups is 2. The lowest BCUT2D eigenvalue weighted by Gasteiger charge is -2.43. The number of fused-ring (bicyclic) bond motifs is 5. The highest BCUT2D eigenvalue weighted by Crippen LogP contribution is 2.56. The molecule has 0 bridgehead atoms. The zero-order chi connectivity index (χ0) is 21.4. The number of rotatable bonds is 1. The number of ether oxygens (including phenoxy) is 1. The average molecular weight is 413 g/mol. The van der Waals surface area contributed by atoms with E-state index in [0.29, 0.717) is 12.0 Å². The summed E-state index contributed by atoms with van der Waals surface area (Å²) < 4.78 is 5.93. The first-order valence-corrected chi connectivity index (χ1v) is 10.8. The fourth-order valence-corrected chi connectivity index (χ4v) is 5.87. The normalized spacial score (nSPS) is 33.9. The summed E-state index contributed by atoms with van der Waals surface area (Å²) in [6.07, 6.45) is 5.20. The van der Waals surface area contributed by atoms with Crippen molar-refractivity contribution in [1.82, 2.24) is 0 Å². The molecule has 31 heavy (non-hydrogen) atoms. The second-order valence-corrected chi connectivity index (χ2v) is 9.38. The number of hydrogen-bond acceptors (Lipinski definition) is 5. The van der Waals surface area contributed by atoms with Crippen molar-refractivity contribution in [2.75, 3.05) is 0 Å². The second kappa shape index (κ2) is 6.16. The number of ketones is 1. The van der Waals surface area contributed by atoms with E-state index in [1.807, 2.05) is 31.2 Å². The highest BCUT2D eigenvalue weighted by Gasteiger charge is 2.66. The van der Waals surface area contributed by atoms with Gasteiger partial charge in [-0.05, 0) is 48.3 Å². The quantitative estimate of drug-likeness (QED) is 0.646. The molecule has 6 rings (SSSR count). The molecular formula is C26H23NO4. The molecule has 4 aliphatic rings. The summed E-state index contributed by atoms with van der Waals surface area (Å²) in [6.45, 7) is 3.96. The van der Waals surface area contributed by atoms with Gasteiger partial charge < -0.3 is 9.57 Å². The van der Waals surface area contributed by atoms with Crippen LogP contribution in [0.5, 0.6) is 0 Å². The number of oxime groups is 1. The second-order valence-electron chi connectivity index (χ2n) is 9.38. The molecule has 0 unspecified atom stereocenters. The van der Waals surface area contributed by atoms with E-state index in [4.69, 9.17) is 9.57 Å². The Morgan fingerprint density at radius 2 is 1.90 bits per heavy atom. The minimum atomic E-state index is -1.11. The molecule has 2 aliphatic heterocycles. The van der Waals surface area contributed by atoms with Gasteiger partial charge in [-0.1, -0.05) is 54.6 Å². The summed E-state index contributed by atoms with van der Waals surface area (Å²) in [5, 5.41) is 6.64. The van der Waals surface area contributed by atoms with E-state index in [0.717, 1.165) is 40.5 Å². The summed E-state index contributed by atoms with van der Waals surface area (Å²) in [4.78, 5) is 31.5. The van der Waals surface area contributed by atoms with Crippen LogP contribution in [0.2, 0.25) is 0 Å². The highest BCUT2D eigenvalue weighted by atomic mass is 16.7. The molecule has 4 atom stereocenters. The first-order valence-electron chi connectivity index (χ1n) is 10.8. The van der Waals surface area contributed by atoms with Gasteiger partial charge in [0, 0.05) is 23.0 Å². The summed E-state index contributed by atoms with van der Waals surface area (Å²) >= 11 is 0. The molecule has 0 N–H and O–H groups in total. The van der Waals surface area contributed by atoms with Crippen molar-refractivity contribution in [2.24, 2.45) is 16.5 Å². The lowest BCUT2D eigenvalue weighted by molar-refractivity contribution is -0.158. The van der Waals surface area contributed by atoms with Crippen molar-refractivity contribution < 1.29 is 19.2 Å². The zero-order valence-electron chi connectivity index (χ0n) is 17.6. The van der Waals surface area contributed by atoms with Crippen molar-refractivity contribution in [3.8, 4) is 0 Å². The van der Waals surface area contributed by atoms with Crippen LogP contribution in [0.4, 0.5) is 0 Å². The Balaban J connectivity index is 1.35. The molecule has 0 radical (unpaired) electrons. The van der Waals surface area contributed by atoms with Crippen LogP contribution in [0.15, 0.2) is 70.9 Å². The maximum Gasteiger partial charge on any atom is 0.354 e. The van der Waals surface area contributed by atoms with Gasteiger partial charge in [-0.15, -0.1) is 0 Å². The smallest absolute Gasteiger partial charge is 0.354 e. The fourth-order valence-electron chi connectivity index (χ4n) is 5.87. The molecule has 156 valence electrons. The van der Waals surface area contributed by atoms with Gasteiger partial charge in [0.1, 0.15) is 6.10 Å². The van der Waals surface area contributed by atoms with E-state index >= 15 is 0 Å². The van der Waals surface area contributed by atoms with Crippen molar-refractivity contribution in [3.05, 3.63) is 71.3 Å². The molecule has 1 saturated carbocycles. The van der Waals surface area contributed by atoms with E-state index in [2.05, 4.69) is 36.3 Å². The molecule has 1 saturated heterocycles. The Kier molecular flexibility index (Phi) is 3.69. The highest BCUT2D eigenvalue weighted by molar-refractivity contribution is 6.08. The van der Waals surface area contributed by atoms with Crippen LogP contribution in [0.25, 0.3) is 10.8 Å². The molecule has 2 heterocycles. The van der Waals surface area contributed by atoms with Crippen molar-refractivity contribution in [2.45, 2.75) is 44.8 Å². The number of benzene rings is 2. The monoisotopic (exact) mass is 413 g/mol. The number of allylic oxidation sites excluding steroid dienone is 3. The van der Waals surface area contributed by atoms with E-state index in [1.165, 1.54) is 0 Å². The van der Waals surface area contributed by atoms with E-state index in [-0.39, 0.29) is 23.1 Å². The van der Waals surface area contributed by atoms with Crippen molar-refractivity contribution in [1.29, 1.82) is 0 Å². The lowest BCUT2D eigenvalue weighted by Crippen LogP contribution is -2.47. The van der Waals surface area contributed by atoms with Gasteiger partial charge in [0.15, 0.2) is 5.78 Å². The number of hydrogen-bond donors (Lipinski definition) is 0. The van der Waals surface area contributed by atoms with Crippen LogP contribution in [0.1, 0.15) is 38.7 Å². The number of nitrogens with zero attached hydrogens (tertiary/aromatic N) is 1. The van der Waals surface area contributed by atoms with Crippen LogP contribution in [0.3, 0.4) is 0 Å². The van der Waals surface area contributed by atoms with Gasteiger partial charge in [0.25, 0.3) is 0 Å². The first-order chi connectivity index (χ1) is 14.9. The SMILES string of the molecule is CC1=C2[C@H]3OC(=O)[C@]4(CC(c5ccc6ccccc6c5)=NO4)[C@@H]3CC[C@@]2(C)C=CC1=O. The van der Waals surface area contributed by atoms with E-state index < -0.39 is 11.7 Å². The molecule has 2 aromatic rings. The predicted octanol–water partition coefficient (Wildman–Crippen LogP) is 4.50. The minimum absolute atomic E-state index is 0.00873.